The van der Waals surface area contributed by atoms with Crippen LogP contribution >= 0.6 is 11.8 Å². The molecule has 0 spiro atoms. The number of nitrogens with one attached hydrogen (secondary N) is 1. The standard InChI is InChI=1S/C19H24N2O3S/c1-3-24-16-11-13(9-10-15(16)23-2)12-17-18(22)21-19(25-17)20-14-7-5-4-6-8-14/h9-12,14H,3-8H2,1-2H3,(H,20,21,22)/b17-12+. The first-order valence-corrected chi connectivity index (χ1v) is 9.60. The maximum atomic E-state index is 12.2. The largest absolute Gasteiger partial charge is 0.493 e. The molecular weight excluding hydrogens is 336 g/mol. The van der Waals surface area contributed by atoms with Crippen molar-refractivity contribution in [3.05, 3.63) is 28.7 Å². The van der Waals surface area contributed by atoms with E-state index in [4.69, 9.17) is 14.5 Å². The van der Waals surface area contributed by atoms with E-state index in [0.29, 0.717) is 29.1 Å². The van der Waals surface area contributed by atoms with E-state index in [9.17, 15) is 4.79 Å². The van der Waals surface area contributed by atoms with Gasteiger partial charge < -0.3 is 14.8 Å². The van der Waals surface area contributed by atoms with Crippen LogP contribution in [0.5, 0.6) is 11.5 Å². The van der Waals surface area contributed by atoms with E-state index in [0.717, 1.165) is 23.6 Å². The number of carbonyl (C=O) groups is 1. The molecule has 0 radical (unpaired) electrons. The number of rotatable bonds is 5. The second kappa shape index (κ2) is 8.43. The number of benzene rings is 1. The van der Waals surface area contributed by atoms with Crippen molar-refractivity contribution in [3.8, 4) is 11.5 Å². The summed E-state index contributed by atoms with van der Waals surface area (Å²) in [5.41, 5.74) is 0.904. The van der Waals surface area contributed by atoms with Crippen LogP contribution in [0, 0.1) is 0 Å². The fourth-order valence-electron chi connectivity index (χ4n) is 3.07. The number of hydrogen-bond acceptors (Lipinski definition) is 5. The second-order valence-electron chi connectivity index (χ2n) is 6.13. The Balaban J connectivity index is 1.76. The molecule has 0 bridgehead atoms. The number of carbonyl (C=O) groups excluding carboxylic acids is 1. The molecule has 1 saturated carbocycles. The van der Waals surface area contributed by atoms with Crippen molar-refractivity contribution in [1.29, 1.82) is 0 Å². The van der Waals surface area contributed by atoms with Crippen molar-refractivity contribution in [2.24, 2.45) is 4.99 Å². The number of methoxy groups -OCH3 is 1. The Hall–Kier alpha value is -1.95. The predicted octanol–water partition coefficient (Wildman–Crippen LogP) is 3.99. The molecule has 1 heterocycles. The van der Waals surface area contributed by atoms with Crippen molar-refractivity contribution < 1.29 is 14.3 Å². The van der Waals surface area contributed by atoms with Crippen LogP contribution in [0.2, 0.25) is 0 Å². The SMILES string of the molecule is CCOc1cc(/C=C2/SC(=NC3CCCCC3)NC2=O)ccc1OC. The Morgan fingerprint density at radius 2 is 2.08 bits per heavy atom. The molecule has 1 aliphatic heterocycles. The van der Waals surface area contributed by atoms with Crippen LogP contribution in [0.25, 0.3) is 6.08 Å². The van der Waals surface area contributed by atoms with E-state index >= 15 is 0 Å². The molecule has 1 N–H and O–H groups in total. The quantitative estimate of drug-likeness (QED) is 0.807. The molecule has 5 nitrogen and oxygen atoms in total. The first-order valence-electron chi connectivity index (χ1n) is 8.79. The van der Waals surface area contributed by atoms with Gasteiger partial charge in [-0.1, -0.05) is 25.3 Å². The molecule has 3 rings (SSSR count). The van der Waals surface area contributed by atoms with Gasteiger partial charge in [-0.3, -0.25) is 9.79 Å². The zero-order valence-electron chi connectivity index (χ0n) is 14.7. The summed E-state index contributed by atoms with van der Waals surface area (Å²) in [7, 11) is 1.62. The zero-order valence-corrected chi connectivity index (χ0v) is 15.5. The maximum absolute atomic E-state index is 12.2. The zero-order chi connectivity index (χ0) is 17.6. The summed E-state index contributed by atoms with van der Waals surface area (Å²) in [6.07, 6.45) is 7.87. The third-order valence-corrected chi connectivity index (χ3v) is 5.23. The molecule has 25 heavy (non-hydrogen) atoms. The number of amides is 1. The van der Waals surface area contributed by atoms with Crippen molar-refractivity contribution in [3.63, 3.8) is 0 Å². The van der Waals surface area contributed by atoms with Crippen LogP contribution in [0.1, 0.15) is 44.6 Å². The van der Waals surface area contributed by atoms with Crippen LogP contribution in [-0.2, 0) is 4.79 Å². The van der Waals surface area contributed by atoms with E-state index in [1.807, 2.05) is 31.2 Å². The average Bonchev–Trinajstić information content (AvgIpc) is 2.95. The topological polar surface area (TPSA) is 59.9 Å². The molecule has 0 unspecified atom stereocenters. The van der Waals surface area contributed by atoms with Crippen LogP contribution in [0.4, 0.5) is 0 Å². The Labute approximate surface area is 152 Å². The van der Waals surface area contributed by atoms with Gasteiger partial charge in [-0.25, -0.2) is 0 Å². The number of amidine groups is 1. The van der Waals surface area contributed by atoms with Crippen LogP contribution in [0.15, 0.2) is 28.1 Å². The van der Waals surface area contributed by atoms with Gasteiger partial charge in [-0.2, -0.15) is 0 Å². The van der Waals surface area contributed by atoms with E-state index in [1.165, 1.54) is 31.0 Å². The lowest BCUT2D eigenvalue weighted by atomic mass is 9.96. The molecule has 134 valence electrons. The van der Waals surface area contributed by atoms with Gasteiger partial charge >= 0.3 is 0 Å². The lowest BCUT2D eigenvalue weighted by molar-refractivity contribution is -0.115. The molecule has 1 saturated heterocycles. The van der Waals surface area contributed by atoms with Crippen molar-refractivity contribution >= 4 is 28.9 Å². The van der Waals surface area contributed by atoms with Crippen molar-refractivity contribution in [1.82, 2.24) is 5.32 Å². The summed E-state index contributed by atoms with van der Waals surface area (Å²) in [5.74, 6) is 1.28. The van der Waals surface area contributed by atoms with E-state index in [2.05, 4.69) is 5.32 Å². The highest BCUT2D eigenvalue weighted by atomic mass is 32.2. The number of nitrogens with zero attached hydrogens (tertiary/aromatic N) is 1. The van der Waals surface area contributed by atoms with Gasteiger partial charge in [0.15, 0.2) is 16.7 Å². The van der Waals surface area contributed by atoms with E-state index < -0.39 is 0 Å². The molecule has 1 amide bonds. The lowest BCUT2D eigenvalue weighted by Gasteiger charge is -2.17. The number of aliphatic imine (C=N–C) groups is 1. The summed E-state index contributed by atoms with van der Waals surface area (Å²) < 4.78 is 10.9. The summed E-state index contributed by atoms with van der Waals surface area (Å²) >= 11 is 1.41. The summed E-state index contributed by atoms with van der Waals surface area (Å²) in [5, 5.41) is 3.61. The van der Waals surface area contributed by atoms with Gasteiger partial charge in [0.05, 0.1) is 24.7 Å². The third-order valence-electron chi connectivity index (χ3n) is 4.31. The predicted molar refractivity (Wildman–Crippen MR) is 102 cm³/mol. The smallest absolute Gasteiger partial charge is 0.264 e. The Morgan fingerprint density at radius 3 is 2.80 bits per heavy atom. The minimum Gasteiger partial charge on any atom is -0.493 e. The summed E-state index contributed by atoms with van der Waals surface area (Å²) in [6.45, 7) is 2.49. The first kappa shape index (κ1) is 17.9. The molecule has 0 aromatic heterocycles. The third kappa shape index (κ3) is 4.57. The lowest BCUT2D eigenvalue weighted by Crippen LogP contribution is -2.22. The van der Waals surface area contributed by atoms with Gasteiger partial charge in [-0.15, -0.1) is 0 Å². The monoisotopic (exact) mass is 360 g/mol. The molecular formula is C19H24N2O3S. The Kier molecular flexibility index (Phi) is 6.02. The summed E-state index contributed by atoms with van der Waals surface area (Å²) in [6, 6.07) is 6.01. The fraction of sp³-hybridized carbons (Fsp3) is 0.474. The number of hydrogen-bond donors (Lipinski definition) is 1. The van der Waals surface area contributed by atoms with E-state index in [1.54, 1.807) is 7.11 Å². The van der Waals surface area contributed by atoms with Gasteiger partial charge in [0.1, 0.15) is 0 Å². The van der Waals surface area contributed by atoms with Crippen molar-refractivity contribution in [2.45, 2.75) is 45.1 Å². The molecule has 2 fully saturated rings. The highest BCUT2D eigenvalue weighted by Crippen LogP contribution is 2.32. The van der Waals surface area contributed by atoms with Crippen molar-refractivity contribution in [2.75, 3.05) is 13.7 Å². The number of thioether (sulfide) groups is 1. The fourth-order valence-corrected chi connectivity index (χ4v) is 3.96. The molecule has 1 aromatic carbocycles. The first-order chi connectivity index (χ1) is 12.2. The van der Waals surface area contributed by atoms with Crippen LogP contribution < -0.4 is 14.8 Å². The van der Waals surface area contributed by atoms with Gasteiger partial charge in [0.25, 0.3) is 5.91 Å². The molecule has 1 aromatic rings. The Bertz CT molecular complexity index is 694. The van der Waals surface area contributed by atoms with Crippen LogP contribution in [-0.4, -0.2) is 30.8 Å². The second-order valence-corrected chi connectivity index (χ2v) is 7.16. The van der Waals surface area contributed by atoms with Crippen LogP contribution in [0.3, 0.4) is 0 Å². The normalized spacial score (nSPS) is 21.6. The van der Waals surface area contributed by atoms with Gasteiger partial charge in [0.2, 0.25) is 0 Å². The van der Waals surface area contributed by atoms with E-state index in [-0.39, 0.29) is 5.91 Å². The Morgan fingerprint density at radius 1 is 1.28 bits per heavy atom. The van der Waals surface area contributed by atoms with Gasteiger partial charge in [0, 0.05) is 0 Å². The molecule has 6 heteroatoms. The molecule has 2 aliphatic rings. The average molecular weight is 360 g/mol. The maximum Gasteiger partial charge on any atom is 0.264 e. The minimum atomic E-state index is -0.0895. The van der Waals surface area contributed by atoms with Gasteiger partial charge in [-0.05, 0) is 55.3 Å². The molecule has 1 aliphatic carbocycles. The highest BCUT2D eigenvalue weighted by molar-refractivity contribution is 8.18. The highest BCUT2D eigenvalue weighted by Gasteiger charge is 2.25. The number of ether oxygens (including phenoxy) is 2. The summed E-state index contributed by atoms with van der Waals surface area (Å²) in [4.78, 5) is 17.6. The minimum absolute atomic E-state index is 0.0895. The molecule has 0 atom stereocenters.